The SMILES string of the molecule is N#CCC(=O)N[C@H]1CC[C@H](CCN2CCN(c3cccc(C(F)F)c3)CC2)CC1. The van der Waals surface area contributed by atoms with Gasteiger partial charge < -0.3 is 10.2 Å². The molecule has 1 aromatic carbocycles. The first kappa shape index (κ1) is 21.5. The highest BCUT2D eigenvalue weighted by Gasteiger charge is 2.24. The van der Waals surface area contributed by atoms with Gasteiger partial charge in [-0.2, -0.15) is 5.26 Å². The summed E-state index contributed by atoms with van der Waals surface area (Å²) in [5.41, 5.74) is 0.976. The standard InChI is InChI=1S/C22H30F2N4O/c23-22(24)18-2-1-3-20(16-18)28-14-12-27(13-15-28)11-9-17-4-6-19(7-5-17)26-21(29)8-10-25/h1-3,16-17,19,22H,4-9,11-15H2,(H,26,29)/t17-,19-. The van der Waals surface area contributed by atoms with E-state index in [0.29, 0.717) is 5.92 Å². The smallest absolute Gasteiger partial charge is 0.263 e. The minimum atomic E-state index is -2.43. The first-order valence-corrected chi connectivity index (χ1v) is 10.6. The number of amides is 1. The Balaban J connectivity index is 1.35. The maximum absolute atomic E-state index is 12.9. The molecule has 0 radical (unpaired) electrons. The van der Waals surface area contributed by atoms with Gasteiger partial charge in [0.05, 0.1) is 6.07 Å². The molecule has 158 valence electrons. The van der Waals surface area contributed by atoms with Gasteiger partial charge in [0.25, 0.3) is 6.43 Å². The van der Waals surface area contributed by atoms with Crippen LogP contribution in [0.3, 0.4) is 0 Å². The van der Waals surface area contributed by atoms with Gasteiger partial charge in [0.15, 0.2) is 0 Å². The number of alkyl halides is 2. The third kappa shape index (κ3) is 6.40. The molecule has 1 amide bonds. The zero-order valence-electron chi connectivity index (χ0n) is 16.8. The number of anilines is 1. The summed E-state index contributed by atoms with van der Waals surface area (Å²) in [6.07, 6.45) is 2.92. The van der Waals surface area contributed by atoms with E-state index in [0.717, 1.165) is 64.1 Å². The molecule has 1 saturated heterocycles. The van der Waals surface area contributed by atoms with Gasteiger partial charge >= 0.3 is 0 Å². The number of carbonyl (C=O) groups excluding carboxylic acids is 1. The number of carbonyl (C=O) groups is 1. The predicted octanol–water partition coefficient (Wildman–Crippen LogP) is 3.72. The van der Waals surface area contributed by atoms with Crippen LogP contribution in [0.5, 0.6) is 0 Å². The lowest BCUT2D eigenvalue weighted by Gasteiger charge is -2.37. The van der Waals surface area contributed by atoms with Gasteiger partial charge in [-0.15, -0.1) is 0 Å². The fraction of sp³-hybridized carbons (Fsp3) is 0.636. The largest absolute Gasteiger partial charge is 0.369 e. The van der Waals surface area contributed by atoms with E-state index in [2.05, 4.69) is 15.1 Å². The number of nitrogens with zero attached hydrogens (tertiary/aromatic N) is 3. The molecular weight excluding hydrogens is 374 g/mol. The fourth-order valence-electron chi connectivity index (χ4n) is 4.40. The normalized spacial score (nSPS) is 23.0. The Kier molecular flexibility index (Phi) is 7.82. The number of hydrogen-bond acceptors (Lipinski definition) is 4. The van der Waals surface area contributed by atoms with E-state index >= 15 is 0 Å². The highest BCUT2D eigenvalue weighted by Crippen LogP contribution is 2.28. The van der Waals surface area contributed by atoms with Gasteiger partial charge in [0.2, 0.25) is 5.91 Å². The summed E-state index contributed by atoms with van der Waals surface area (Å²) < 4.78 is 25.8. The molecule has 2 aliphatic rings. The van der Waals surface area contributed by atoms with E-state index in [9.17, 15) is 13.6 Å². The second-order valence-electron chi connectivity index (χ2n) is 8.13. The molecule has 1 aliphatic carbocycles. The molecule has 0 aromatic heterocycles. The van der Waals surface area contributed by atoms with E-state index < -0.39 is 6.43 Å². The number of rotatable bonds is 7. The van der Waals surface area contributed by atoms with Gasteiger partial charge in [0.1, 0.15) is 6.42 Å². The average Bonchev–Trinajstić information content (AvgIpc) is 2.74. The monoisotopic (exact) mass is 404 g/mol. The number of halogens is 2. The second kappa shape index (κ2) is 10.5. The topological polar surface area (TPSA) is 59.4 Å². The predicted molar refractivity (Wildman–Crippen MR) is 109 cm³/mol. The average molecular weight is 405 g/mol. The molecule has 1 aliphatic heterocycles. The van der Waals surface area contributed by atoms with Crippen LogP contribution in [0.4, 0.5) is 14.5 Å². The van der Waals surface area contributed by atoms with Crippen LogP contribution in [0.1, 0.15) is 50.5 Å². The number of nitriles is 1. The summed E-state index contributed by atoms with van der Waals surface area (Å²) in [4.78, 5) is 16.2. The van der Waals surface area contributed by atoms with Crippen molar-refractivity contribution in [3.05, 3.63) is 29.8 Å². The number of piperazine rings is 1. The molecule has 5 nitrogen and oxygen atoms in total. The van der Waals surface area contributed by atoms with E-state index in [1.54, 1.807) is 12.1 Å². The van der Waals surface area contributed by atoms with Gasteiger partial charge in [-0.05, 0) is 56.7 Å². The third-order valence-corrected chi connectivity index (χ3v) is 6.16. The summed E-state index contributed by atoms with van der Waals surface area (Å²) in [6.45, 7) is 4.71. The maximum atomic E-state index is 12.9. The third-order valence-electron chi connectivity index (χ3n) is 6.16. The van der Waals surface area contributed by atoms with Crippen molar-refractivity contribution in [2.24, 2.45) is 5.92 Å². The Morgan fingerprint density at radius 1 is 1.17 bits per heavy atom. The van der Waals surface area contributed by atoms with E-state index in [4.69, 9.17) is 5.26 Å². The molecule has 3 rings (SSSR count). The van der Waals surface area contributed by atoms with Crippen molar-refractivity contribution in [1.82, 2.24) is 10.2 Å². The lowest BCUT2D eigenvalue weighted by atomic mass is 9.84. The molecule has 1 saturated carbocycles. The first-order chi connectivity index (χ1) is 14.0. The van der Waals surface area contributed by atoms with Crippen LogP contribution in [-0.4, -0.2) is 49.6 Å². The van der Waals surface area contributed by atoms with Crippen molar-refractivity contribution in [3.8, 4) is 6.07 Å². The van der Waals surface area contributed by atoms with Crippen LogP contribution in [0.25, 0.3) is 0 Å². The zero-order chi connectivity index (χ0) is 20.6. The second-order valence-corrected chi connectivity index (χ2v) is 8.13. The van der Waals surface area contributed by atoms with Crippen molar-refractivity contribution in [2.75, 3.05) is 37.6 Å². The number of benzene rings is 1. The maximum Gasteiger partial charge on any atom is 0.263 e. The summed E-state index contributed by atoms with van der Waals surface area (Å²) in [6, 6.07) is 8.82. The summed E-state index contributed by atoms with van der Waals surface area (Å²) in [5.74, 6) is 0.535. The quantitative estimate of drug-likeness (QED) is 0.752. The lowest BCUT2D eigenvalue weighted by Crippen LogP contribution is -2.47. The molecule has 0 atom stereocenters. The van der Waals surface area contributed by atoms with Crippen molar-refractivity contribution in [1.29, 1.82) is 5.26 Å². The van der Waals surface area contributed by atoms with Gasteiger partial charge in [-0.1, -0.05) is 12.1 Å². The Labute approximate surface area is 171 Å². The van der Waals surface area contributed by atoms with Crippen molar-refractivity contribution >= 4 is 11.6 Å². The Bertz CT molecular complexity index is 705. The zero-order valence-corrected chi connectivity index (χ0v) is 16.8. The van der Waals surface area contributed by atoms with Gasteiger partial charge in [-0.3, -0.25) is 9.69 Å². The molecule has 1 heterocycles. The Hall–Kier alpha value is -2.20. The van der Waals surface area contributed by atoms with E-state index in [-0.39, 0.29) is 23.9 Å². The summed E-state index contributed by atoms with van der Waals surface area (Å²) >= 11 is 0. The Morgan fingerprint density at radius 3 is 2.55 bits per heavy atom. The minimum Gasteiger partial charge on any atom is -0.369 e. The minimum absolute atomic E-state index is 0.0572. The van der Waals surface area contributed by atoms with E-state index in [1.165, 1.54) is 12.5 Å². The lowest BCUT2D eigenvalue weighted by molar-refractivity contribution is -0.121. The van der Waals surface area contributed by atoms with Crippen LogP contribution in [0, 0.1) is 17.2 Å². The van der Waals surface area contributed by atoms with Crippen LogP contribution < -0.4 is 10.2 Å². The molecule has 1 N–H and O–H groups in total. The van der Waals surface area contributed by atoms with Crippen LogP contribution >= 0.6 is 0 Å². The van der Waals surface area contributed by atoms with E-state index in [1.807, 2.05) is 12.1 Å². The Morgan fingerprint density at radius 2 is 1.90 bits per heavy atom. The van der Waals surface area contributed by atoms with Gasteiger partial charge in [-0.25, -0.2) is 8.78 Å². The van der Waals surface area contributed by atoms with Crippen LogP contribution in [0.2, 0.25) is 0 Å². The molecule has 2 fully saturated rings. The molecule has 29 heavy (non-hydrogen) atoms. The first-order valence-electron chi connectivity index (χ1n) is 10.6. The molecule has 0 spiro atoms. The highest BCUT2D eigenvalue weighted by atomic mass is 19.3. The fourth-order valence-corrected chi connectivity index (χ4v) is 4.40. The van der Waals surface area contributed by atoms with Crippen molar-refractivity contribution < 1.29 is 13.6 Å². The van der Waals surface area contributed by atoms with Crippen LogP contribution in [-0.2, 0) is 4.79 Å². The highest BCUT2D eigenvalue weighted by molar-refractivity contribution is 5.78. The molecule has 7 heteroatoms. The molecule has 0 bridgehead atoms. The van der Waals surface area contributed by atoms with Crippen molar-refractivity contribution in [3.63, 3.8) is 0 Å². The molecule has 0 unspecified atom stereocenters. The number of nitrogens with one attached hydrogen (secondary N) is 1. The summed E-state index contributed by atoms with van der Waals surface area (Å²) in [7, 11) is 0. The van der Waals surface area contributed by atoms with Crippen molar-refractivity contribution in [2.45, 2.75) is 51.0 Å². The summed E-state index contributed by atoms with van der Waals surface area (Å²) in [5, 5.41) is 11.5. The molecule has 1 aromatic rings. The van der Waals surface area contributed by atoms with Crippen LogP contribution in [0.15, 0.2) is 24.3 Å². The molecular formula is C22H30F2N4O. The number of hydrogen-bond donors (Lipinski definition) is 1. The van der Waals surface area contributed by atoms with Gasteiger partial charge in [0, 0.05) is 43.5 Å².